The summed E-state index contributed by atoms with van der Waals surface area (Å²) in [6, 6.07) is 4.24. The zero-order valence-corrected chi connectivity index (χ0v) is 11.3. The van der Waals surface area contributed by atoms with Gasteiger partial charge < -0.3 is 10.1 Å². The second-order valence-corrected chi connectivity index (χ2v) is 5.66. The number of rotatable bonds is 3. The Morgan fingerprint density at radius 1 is 1.33 bits per heavy atom. The molecule has 0 atom stereocenters. The van der Waals surface area contributed by atoms with Gasteiger partial charge in [0.25, 0.3) is 0 Å². The van der Waals surface area contributed by atoms with E-state index in [0.717, 1.165) is 16.5 Å². The number of fused-ring (bicyclic) bond motifs is 1. The Morgan fingerprint density at radius 2 is 2.00 bits per heavy atom. The van der Waals surface area contributed by atoms with Crippen LogP contribution in [-0.2, 0) is 10.2 Å². The molecule has 0 bridgehead atoms. The fourth-order valence-electron chi connectivity index (χ4n) is 2.67. The summed E-state index contributed by atoms with van der Waals surface area (Å²) in [7, 11) is 0. The van der Waals surface area contributed by atoms with Gasteiger partial charge in [-0.1, -0.05) is 19.9 Å². The first kappa shape index (κ1) is 12.7. The van der Waals surface area contributed by atoms with Gasteiger partial charge in [0.15, 0.2) is 0 Å². The number of H-pyrrole nitrogens is 1. The van der Waals surface area contributed by atoms with Crippen molar-refractivity contribution in [3.63, 3.8) is 0 Å². The molecule has 2 rings (SSSR count). The number of carboxylic acid groups (broad SMARTS) is 1. The molecule has 0 saturated heterocycles. The molecule has 2 N–H and O–H groups in total. The number of carboxylic acids is 1. The molecule has 0 fully saturated rings. The predicted octanol–water partition coefficient (Wildman–Crippen LogP) is 3.54. The quantitative estimate of drug-likeness (QED) is 0.869. The number of hydrogen-bond donors (Lipinski definition) is 2. The molecule has 18 heavy (non-hydrogen) atoms. The highest BCUT2D eigenvalue weighted by Crippen LogP contribution is 2.35. The highest BCUT2D eigenvalue weighted by molar-refractivity contribution is 5.88. The molecule has 3 nitrogen and oxygen atoms in total. The molecule has 1 aromatic carbocycles. The van der Waals surface area contributed by atoms with E-state index in [1.54, 1.807) is 0 Å². The molecule has 0 radical (unpaired) electrons. The lowest BCUT2D eigenvalue weighted by atomic mass is 9.80. The van der Waals surface area contributed by atoms with E-state index < -0.39 is 5.97 Å². The van der Waals surface area contributed by atoms with Gasteiger partial charge >= 0.3 is 5.97 Å². The van der Waals surface area contributed by atoms with Crippen molar-refractivity contribution in [2.75, 3.05) is 0 Å². The third-order valence-electron chi connectivity index (χ3n) is 3.44. The maximum Gasteiger partial charge on any atom is 0.304 e. The first-order valence-corrected chi connectivity index (χ1v) is 6.12. The van der Waals surface area contributed by atoms with E-state index in [4.69, 9.17) is 5.11 Å². The minimum absolute atomic E-state index is 0.132. The molecule has 0 aliphatic rings. The number of benzene rings is 1. The summed E-state index contributed by atoms with van der Waals surface area (Å²) in [5, 5.41) is 10.2. The lowest BCUT2D eigenvalue weighted by Crippen LogP contribution is -2.21. The van der Waals surface area contributed by atoms with Gasteiger partial charge in [0.2, 0.25) is 0 Å². The molecule has 2 aromatic rings. The Morgan fingerprint density at radius 3 is 2.61 bits per heavy atom. The molecule has 0 aliphatic carbocycles. The van der Waals surface area contributed by atoms with E-state index in [9.17, 15) is 4.79 Å². The van der Waals surface area contributed by atoms with E-state index >= 15 is 0 Å². The predicted molar refractivity (Wildman–Crippen MR) is 73.1 cm³/mol. The average Bonchev–Trinajstić information content (AvgIpc) is 2.59. The summed E-state index contributed by atoms with van der Waals surface area (Å²) < 4.78 is 0. The summed E-state index contributed by atoms with van der Waals surface area (Å²) in [6.45, 7) is 8.09. The lowest BCUT2D eigenvalue weighted by molar-refractivity contribution is -0.138. The van der Waals surface area contributed by atoms with Crippen molar-refractivity contribution >= 4 is 16.9 Å². The molecule has 1 aromatic heterocycles. The van der Waals surface area contributed by atoms with Crippen LogP contribution in [0.15, 0.2) is 18.3 Å². The van der Waals surface area contributed by atoms with Crippen molar-refractivity contribution in [3.8, 4) is 0 Å². The fraction of sp³-hybridized carbons (Fsp3) is 0.400. The number of aromatic nitrogens is 1. The largest absolute Gasteiger partial charge is 0.481 e. The zero-order chi connectivity index (χ0) is 13.5. The van der Waals surface area contributed by atoms with Crippen molar-refractivity contribution in [1.82, 2.24) is 4.98 Å². The summed E-state index contributed by atoms with van der Waals surface area (Å²) in [6.07, 6.45) is 2.08. The van der Waals surface area contributed by atoms with Gasteiger partial charge in [0.05, 0.1) is 6.42 Å². The van der Waals surface area contributed by atoms with Crippen LogP contribution >= 0.6 is 0 Å². The van der Waals surface area contributed by atoms with E-state index in [-0.39, 0.29) is 11.8 Å². The summed E-state index contributed by atoms with van der Waals surface area (Å²) >= 11 is 0. The fourth-order valence-corrected chi connectivity index (χ4v) is 2.67. The van der Waals surface area contributed by atoms with Crippen LogP contribution in [0.5, 0.6) is 0 Å². The van der Waals surface area contributed by atoms with Crippen molar-refractivity contribution in [3.05, 3.63) is 35.0 Å². The Labute approximate surface area is 107 Å². The standard InChI is InChI=1S/C15H19NO2/c1-9-5-10(2)14-11(8-16-12(14)6-9)15(3,4)7-13(17)18/h5-6,8,16H,7H2,1-4H3,(H,17,18). The summed E-state index contributed by atoms with van der Waals surface area (Å²) in [5.74, 6) is -0.765. The molecule has 0 unspecified atom stereocenters. The Balaban J connectivity index is 2.62. The van der Waals surface area contributed by atoms with Crippen molar-refractivity contribution in [2.24, 2.45) is 0 Å². The number of hydrogen-bond acceptors (Lipinski definition) is 1. The summed E-state index contributed by atoms with van der Waals surface area (Å²) in [5.41, 5.74) is 4.20. The van der Waals surface area contributed by atoms with Gasteiger partial charge in [-0.2, -0.15) is 0 Å². The van der Waals surface area contributed by atoms with Crippen LogP contribution in [0.25, 0.3) is 10.9 Å². The normalized spacial score (nSPS) is 12.0. The van der Waals surface area contributed by atoms with Crippen LogP contribution in [0.3, 0.4) is 0 Å². The number of aliphatic carboxylic acids is 1. The van der Waals surface area contributed by atoms with E-state index in [1.165, 1.54) is 11.1 Å². The third-order valence-corrected chi connectivity index (χ3v) is 3.44. The minimum Gasteiger partial charge on any atom is -0.481 e. The molecule has 0 amide bonds. The average molecular weight is 245 g/mol. The molecule has 3 heteroatoms. The second-order valence-electron chi connectivity index (χ2n) is 5.66. The highest BCUT2D eigenvalue weighted by Gasteiger charge is 2.27. The van der Waals surface area contributed by atoms with Gasteiger partial charge in [0, 0.05) is 22.5 Å². The third kappa shape index (κ3) is 2.13. The van der Waals surface area contributed by atoms with Crippen molar-refractivity contribution in [2.45, 2.75) is 39.5 Å². The molecule has 0 aliphatic heterocycles. The van der Waals surface area contributed by atoms with E-state index in [0.29, 0.717) is 0 Å². The number of carbonyl (C=O) groups is 1. The van der Waals surface area contributed by atoms with Crippen LogP contribution in [0, 0.1) is 13.8 Å². The van der Waals surface area contributed by atoms with Crippen LogP contribution in [0.4, 0.5) is 0 Å². The Kier molecular flexibility index (Phi) is 2.93. The Bertz CT molecular complexity index is 608. The van der Waals surface area contributed by atoms with Gasteiger partial charge in [-0.15, -0.1) is 0 Å². The molecule has 0 spiro atoms. The van der Waals surface area contributed by atoms with Crippen LogP contribution < -0.4 is 0 Å². The highest BCUT2D eigenvalue weighted by atomic mass is 16.4. The number of aromatic amines is 1. The zero-order valence-electron chi connectivity index (χ0n) is 11.3. The van der Waals surface area contributed by atoms with Crippen molar-refractivity contribution in [1.29, 1.82) is 0 Å². The van der Waals surface area contributed by atoms with Crippen LogP contribution in [0.2, 0.25) is 0 Å². The second kappa shape index (κ2) is 4.16. The Hall–Kier alpha value is -1.77. The first-order valence-electron chi connectivity index (χ1n) is 6.12. The molecule has 0 saturated carbocycles. The summed E-state index contributed by atoms with van der Waals surface area (Å²) in [4.78, 5) is 14.2. The van der Waals surface area contributed by atoms with E-state index in [2.05, 4.69) is 31.0 Å². The van der Waals surface area contributed by atoms with Gasteiger partial charge in [-0.05, 0) is 36.6 Å². The lowest BCUT2D eigenvalue weighted by Gasteiger charge is -2.22. The van der Waals surface area contributed by atoms with Gasteiger partial charge in [0.1, 0.15) is 0 Å². The molecule has 1 heterocycles. The maximum absolute atomic E-state index is 11.0. The van der Waals surface area contributed by atoms with Gasteiger partial charge in [-0.3, -0.25) is 4.79 Å². The van der Waals surface area contributed by atoms with Crippen LogP contribution in [0.1, 0.15) is 37.0 Å². The first-order chi connectivity index (χ1) is 8.31. The SMILES string of the molecule is Cc1cc(C)c2c(C(C)(C)CC(=O)O)c[nH]c2c1. The number of nitrogens with one attached hydrogen (secondary N) is 1. The van der Waals surface area contributed by atoms with E-state index in [1.807, 2.05) is 20.0 Å². The van der Waals surface area contributed by atoms with Crippen molar-refractivity contribution < 1.29 is 9.90 Å². The molecular weight excluding hydrogens is 226 g/mol. The molecular formula is C15H19NO2. The smallest absolute Gasteiger partial charge is 0.304 e. The maximum atomic E-state index is 11.0. The minimum atomic E-state index is -0.765. The monoisotopic (exact) mass is 245 g/mol. The number of aryl methyl sites for hydroxylation is 2. The van der Waals surface area contributed by atoms with Crippen LogP contribution in [-0.4, -0.2) is 16.1 Å². The topological polar surface area (TPSA) is 53.1 Å². The molecule has 96 valence electrons. The van der Waals surface area contributed by atoms with Gasteiger partial charge in [-0.25, -0.2) is 0 Å².